The van der Waals surface area contributed by atoms with Crippen molar-refractivity contribution < 1.29 is 4.79 Å². The monoisotopic (exact) mass is 423 g/mol. The summed E-state index contributed by atoms with van der Waals surface area (Å²) in [5, 5.41) is 1.97. The lowest BCUT2D eigenvalue weighted by atomic mass is 10.2. The maximum absolute atomic E-state index is 12.6. The third-order valence-electron chi connectivity index (χ3n) is 3.17. The van der Waals surface area contributed by atoms with E-state index in [-0.39, 0.29) is 5.91 Å². The molecule has 0 aromatic carbocycles. The van der Waals surface area contributed by atoms with Crippen molar-refractivity contribution in [1.29, 1.82) is 0 Å². The van der Waals surface area contributed by atoms with Gasteiger partial charge in [0.1, 0.15) is 0 Å². The fourth-order valence-electron chi connectivity index (χ4n) is 2.08. The van der Waals surface area contributed by atoms with E-state index in [4.69, 9.17) is 0 Å². The zero-order chi connectivity index (χ0) is 15.8. The highest BCUT2D eigenvalue weighted by atomic mass is 127. The van der Waals surface area contributed by atoms with Crippen LogP contribution >= 0.6 is 33.9 Å². The summed E-state index contributed by atoms with van der Waals surface area (Å²) in [6, 6.07) is 1.98. The molecule has 0 aliphatic heterocycles. The maximum Gasteiger partial charge on any atom is 0.254 e. The Bertz CT molecular complexity index is 420. The molecule has 21 heavy (non-hydrogen) atoms. The van der Waals surface area contributed by atoms with Crippen molar-refractivity contribution in [2.75, 3.05) is 54.4 Å². The molecule has 0 unspecified atom stereocenters. The van der Waals surface area contributed by atoms with E-state index in [0.717, 1.165) is 47.5 Å². The third kappa shape index (κ3) is 7.58. The molecule has 1 rings (SSSR count). The second-order valence-corrected chi connectivity index (χ2v) is 8.55. The number of hydrogen-bond acceptors (Lipinski definition) is 4. The SMILES string of the molecule is CN(C)CCCN(CCCN(C)C)C(=O)c1csc(I)c1. The van der Waals surface area contributed by atoms with Gasteiger partial charge < -0.3 is 14.7 Å². The lowest BCUT2D eigenvalue weighted by molar-refractivity contribution is 0.0745. The standard InChI is InChI=1S/C15H26IN3OS/c1-17(2)7-5-9-19(10-6-8-18(3)4)15(20)13-11-14(16)21-12-13/h11-12H,5-10H2,1-4H3. The van der Waals surface area contributed by atoms with Crippen LogP contribution in [0.4, 0.5) is 0 Å². The Morgan fingerprint density at radius 2 is 1.57 bits per heavy atom. The predicted molar refractivity (Wildman–Crippen MR) is 99.3 cm³/mol. The molecule has 0 aliphatic rings. The van der Waals surface area contributed by atoms with E-state index in [0.29, 0.717) is 0 Å². The molecule has 4 nitrogen and oxygen atoms in total. The van der Waals surface area contributed by atoms with Crippen LogP contribution in [0.3, 0.4) is 0 Å². The molecule has 1 aromatic heterocycles. The Kier molecular flexibility index (Phi) is 8.77. The summed E-state index contributed by atoms with van der Waals surface area (Å²) in [7, 11) is 8.28. The van der Waals surface area contributed by atoms with Gasteiger partial charge in [0.05, 0.1) is 8.45 Å². The third-order valence-corrected chi connectivity index (χ3v) is 4.96. The predicted octanol–water partition coefficient (Wildman–Crippen LogP) is 2.70. The van der Waals surface area contributed by atoms with E-state index >= 15 is 0 Å². The van der Waals surface area contributed by atoms with Gasteiger partial charge in [0.15, 0.2) is 0 Å². The summed E-state index contributed by atoms with van der Waals surface area (Å²) in [4.78, 5) is 18.9. The highest BCUT2D eigenvalue weighted by Crippen LogP contribution is 2.18. The zero-order valence-corrected chi connectivity index (χ0v) is 16.4. The molecule has 0 aliphatic carbocycles. The van der Waals surface area contributed by atoms with Crippen LogP contribution < -0.4 is 0 Å². The number of halogens is 1. The van der Waals surface area contributed by atoms with Crippen LogP contribution in [0.2, 0.25) is 0 Å². The molecule has 0 saturated carbocycles. The van der Waals surface area contributed by atoms with Crippen LogP contribution in [0.15, 0.2) is 11.4 Å². The van der Waals surface area contributed by atoms with Gasteiger partial charge in [-0.2, -0.15) is 0 Å². The molecule has 120 valence electrons. The van der Waals surface area contributed by atoms with E-state index in [1.165, 1.54) is 0 Å². The lowest BCUT2D eigenvalue weighted by Crippen LogP contribution is -2.35. The van der Waals surface area contributed by atoms with Crippen LogP contribution in [-0.2, 0) is 0 Å². The second kappa shape index (κ2) is 9.76. The highest BCUT2D eigenvalue weighted by molar-refractivity contribution is 14.1. The number of rotatable bonds is 9. The molecule has 0 radical (unpaired) electrons. The first kappa shape index (κ1) is 18.9. The fraction of sp³-hybridized carbons (Fsp3) is 0.667. The molecule has 0 saturated heterocycles. The van der Waals surface area contributed by atoms with Gasteiger partial charge in [-0.25, -0.2) is 0 Å². The number of carbonyl (C=O) groups excluding carboxylic acids is 1. The van der Waals surface area contributed by atoms with Gasteiger partial charge in [-0.3, -0.25) is 4.79 Å². The molecule has 1 amide bonds. The minimum absolute atomic E-state index is 0.173. The maximum atomic E-state index is 12.6. The quantitative estimate of drug-likeness (QED) is 0.572. The summed E-state index contributed by atoms with van der Waals surface area (Å²) in [5.74, 6) is 0.173. The fourth-order valence-corrected chi connectivity index (χ4v) is 3.40. The van der Waals surface area contributed by atoms with Crippen LogP contribution in [0, 0.1) is 2.88 Å². The largest absolute Gasteiger partial charge is 0.339 e. The molecule has 1 aromatic rings. The smallest absolute Gasteiger partial charge is 0.254 e. The molecule has 0 N–H and O–H groups in total. The van der Waals surface area contributed by atoms with Crippen molar-refractivity contribution in [2.45, 2.75) is 12.8 Å². The van der Waals surface area contributed by atoms with Crippen molar-refractivity contribution in [1.82, 2.24) is 14.7 Å². The van der Waals surface area contributed by atoms with E-state index < -0.39 is 0 Å². The van der Waals surface area contributed by atoms with E-state index in [9.17, 15) is 4.79 Å². The van der Waals surface area contributed by atoms with Gasteiger partial charge >= 0.3 is 0 Å². The second-order valence-electron chi connectivity index (χ2n) is 5.75. The van der Waals surface area contributed by atoms with Crippen molar-refractivity contribution >= 4 is 39.8 Å². The number of amides is 1. The summed E-state index contributed by atoms with van der Waals surface area (Å²) < 4.78 is 1.16. The molecule has 6 heteroatoms. The molecule has 0 spiro atoms. The number of nitrogens with zero attached hydrogens (tertiary/aromatic N) is 3. The Hall–Kier alpha value is -0.180. The van der Waals surface area contributed by atoms with Crippen LogP contribution in [0.1, 0.15) is 23.2 Å². The number of carbonyl (C=O) groups is 1. The van der Waals surface area contributed by atoms with Crippen LogP contribution in [0.25, 0.3) is 0 Å². The summed E-state index contributed by atoms with van der Waals surface area (Å²) in [5.41, 5.74) is 0.833. The first-order valence-corrected chi connectivity index (χ1v) is 9.18. The minimum Gasteiger partial charge on any atom is -0.339 e. The first-order valence-electron chi connectivity index (χ1n) is 7.23. The van der Waals surface area contributed by atoms with Gasteiger partial charge in [-0.15, -0.1) is 11.3 Å². The van der Waals surface area contributed by atoms with Crippen molar-refractivity contribution in [3.8, 4) is 0 Å². The highest BCUT2D eigenvalue weighted by Gasteiger charge is 2.16. The van der Waals surface area contributed by atoms with E-state index in [1.54, 1.807) is 11.3 Å². The van der Waals surface area contributed by atoms with Gasteiger partial charge in [0.2, 0.25) is 0 Å². The molecular weight excluding hydrogens is 397 g/mol. The van der Waals surface area contributed by atoms with Gasteiger partial charge in [0, 0.05) is 18.5 Å². The van der Waals surface area contributed by atoms with E-state index in [2.05, 4.69) is 60.6 Å². The Morgan fingerprint density at radius 3 is 1.95 bits per heavy atom. The minimum atomic E-state index is 0.173. The van der Waals surface area contributed by atoms with Gasteiger partial charge in [-0.05, 0) is 82.8 Å². The van der Waals surface area contributed by atoms with Crippen LogP contribution in [0.5, 0.6) is 0 Å². The average molecular weight is 423 g/mol. The van der Waals surface area contributed by atoms with Gasteiger partial charge in [-0.1, -0.05) is 0 Å². The lowest BCUT2D eigenvalue weighted by Gasteiger charge is -2.24. The number of thiophene rings is 1. The normalized spacial score (nSPS) is 11.4. The average Bonchev–Trinajstić information content (AvgIpc) is 2.82. The zero-order valence-electron chi connectivity index (χ0n) is 13.4. The molecule has 1 heterocycles. The summed E-state index contributed by atoms with van der Waals surface area (Å²) in [6.45, 7) is 3.69. The van der Waals surface area contributed by atoms with Crippen molar-refractivity contribution in [3.05, 3.63) is 19.9 Å². The van der Waals surface area contributed by atoms with Crippen LogP contribution in [-0.4, -0.2) is 75.0 Å². The Balaban J connectivity index is 2.59. The van der Waals surface area contributed by atoms with Crippen molar-refractivity contribution in [2.24, 2.45) is 0 Å². The summed E-state index contributed by atoms with van der Waals surface area (Å²) >= 11 is 3.90. The Morgan fingerprint density at radius 1 is 1.05 bits per heavy atom. The van der Waals surface area contributed by atoms with Gasteiger partial charge in [0.25, 0.3) is 5.91 Å². The molecule has 0 bridgehead atoms. The van der Waals surface area contributed by atoms with E-state index in [1.807, 2.05) is 16.3 Å². The molecule has 0 fully saturated rings. The molecule has 0 atom stereocenters. The summed E-state index contributed by atoms with van der Waals surface area (Å²) in [6.07, 6.45) is 2.03. The Labute approximate surface area is 146 Å². The first-order chi connectivity index (χ1) is 9.90. The van der Waals surface area contributed by atoms with Crippen molar-refractivity contribution in [3.63, 3.8) is 0 Å². The number of hydrogen-bond donors (Lipinski definition) is 0. The topological polar surface area (TPSA) is 26.8 Å². The molecular formula is C15H26IN3OS.